The normalized spacial score (nSPS) is 17.1. The van der Waals surface area contributed by atoms with E-state index in [0.717, 1.165) is 32.1 Å². The maximum absolute atomic E-state index is 11.7. The maximum Gasteiger partial charge on any atom is 0.326 e. The molecule has 0 saturated heterocycles. The monoisotopic (exact) mass is 299 g/mol. The van der Waals surface area contributed by atoms with E-state index in [9.17, 15) is 19.5 Å². The van der Waals surface area contributed by atoms with Crippen LogP contribution in [0.15, 0.2) is 0 Å². The summed E-state index contributed by atoms with van der Waals surface area (Å²) in [5.41, 5.74) is 0. The number of carbonyl (C=O) groups is 3. The highest BCUT2D eigenvalue weighted by Crippen LogP contribution is 2.26. The van der Waals surface area contributed by atoms with Crippen molar-refractivity contribution in [3.8, 4) is 0 Å². The van der Waals surface area contributed by atoms with Crippen LogP contribution in [0.25, 0.3) is 0 Å². The number of carboxylic acids is 1. The number of nitrogens with one attached hydrogen (secondary N) is 3. The molecular formula is C14H25N3O4. The summed E-state index contributed by atoms with van der Waals surface area (Å²) >= 11 is 0. The Hall–Kier alpha value is -1.79. The summed E-state index contributed by atoms with van der Waals surface area (Å²) in [6.45, 7) is 3.48. The summed E-state index contributed by atoms with van der Waals surface area (Å²) in [4.78, 5) is 34.4. The summed E-state index contributed by atoms with van der Waals surface area (Å²) < 4.78 is 0. The molecule has 1 aliphatic rings. The van der Waals surface area contributed by atoms with Crippen LogP contribution in [0, 0.1) is 5.92 Å². The first-order valence-corrected chi connectivity index (χ1v) is 7.46. The lowest BCUT2D eigenvalue weighted by molar-refractivity contribution is -0.141. The Bertz CT molecular complexity index is 378. The second-order valence-electron chi connectivity index (χ2n) is 5.76. The van der Waals surface area contributed by atoms with Gasteiger partial charge in [0, 0.05) is 6.04 Å². The summed E-state index contributed by atoms with van der Waals surface area (Å²) in [6, 6.07) is -1.51. The van der Waals surface area contributed by atoms with Gasteiger partial charge in [0.15, 0.2) is 0 Å². The van der Waals surface area contributed by atoms with Gasteiger partial charge in [-0.05, 0) is 32.6 Å². The molecule has 0 radical (unpaired) electrons. The molecule has 3 amide bonds. The van der Waals surface area contributed by atoms with Crippen molar-refractivity contribution in [3.05, 3.63) is 0 Å². The molecule has 1 fully saturated rings. The number of carbonyl (C=O) groups excluding carboxylic acids is 2. The van der Waals surface area contributed by atoms with E-state index >= 15 is 0 Å². The molecule has 0 heterocycles. The molecule has 0 aromatic carbocycles. The predicted molar refractivity (Wildman–Crippen MR) is 77.8 cm³/mol. The minimum atomic E-state index is -1.02. The molecule has 1 atom stereocenters. The molecule has 120 valence electrons. The molecule has 0 aromatic rings. The van der Waals surface area contributed by atoms with Gasteiger partial charge in [-0.1, -0.05) is 19.3 Å². The van der Waals surface area contributed by atoms with E-state index in [1.807, 2.05) is 13.8 Å². The molecule has 7 heteroatoms. The van der Waals surface area contributed by atoms with Crippen LogP contribution in [-0.2, 0) is 9.59 Å². The lowest BCUT2D eigenvalue weighted by Gasteiger charge is -2.28. The number of carboxylic acid groups (broad SMARTS) is 1. The minimum absolute atomic E-state index is 0.00336. The fourth-order valence-corrected chi connectivity index (χ4v) is 2.57. The summed E-state index contributed by atoms with van der Waals surface area (Å²) in [5, 5.41) is 16.7. The Kier molecular flexibility index (Phi) is 6.98. The molecule has 0 aromatic heterocycles. The molecular weight excluding hydrogens is 274 g/mol. The number of hydrogen-bond donors (Lipinski definition) is 4. The van der Waals surface area contributed by atoms with Crippen molar-refractivity contribution in [2.24, 2.45) is 5.92 Å². The molecule has 7 nitrogen and oxygen atoms in total. The van der Waals surface area contributed by atoms with Gasteiger partial charge in [0.2, 0.25) is 5.91 Å². The van der Waals surface area contributed by atoms with Crippen LogP contribution in [0.1, 0.15) is 46.0 Å². The van der Waals surface area contributed by atoms with Crippen LogP contribution in [0.4, 0.5) is 4.79 Å². The Balaban J connectivity index is 2.42. The Morgan fingerprint density at radius 1 is 1.10 bits per heavy atom. The maximum atomic E-state index is 11.7. The van der Waals surface area contributed by atoms with Crippen molar-refractivity contribution in [2.75, 3.05) is 6.54 Å². The van der Waals surface area contributed by atoms with Crippen molar-refractivity contribution in [3.63, 3.8) is 0 Å². The Morgan fingerprint density at radius 2 is 1.71 bits per heavy atom. The zero-order chi connectivity index (χ0) is 15.8. The minimum Gasteiger partial charge on any atom is -0.480 e. The van der Waals surface area contributed by atoms with Crippen molar-refractivity contribution in [2.45, 2.75) is 58.0 Å². The summed E-state index contributed by atoms with van der Waals surface area (Å²) in [6.07, 6.45) is 4.73. The van der Waals surface area contributed by atoms with Gasteiger partial charge in [0.1, 0.15) is 6.04 Å². The van der Waals surface area contributed by atoms with Crippen molar-refractivity contribution < 1.29 is 19.5 Å². The van der Waals surface area contributed by atoms with E-state index in [-0.39, 0.29) is 24.4 Å². The molecule has 1 rings (SSSR count). The second-order valence-corrected chi connectivity index (χ2v) is 5.76. The predicted octanol–water partition coefficient (Wildman–Crippen LogP) is 0.844. The fourth-order valence-electron chi connectivity index (χ4n) is 2.57. The average Bonchev–Trinajstić information content (AvgIpc) is 2.42. The topological polar surface area (TPSA) is 108 Å². The average molecular weight is 299 g/mol. The van der Waals surface area contributed by atoms with Crippen LogP contribution in [0.3, 0.4) is 0 Å². The van der Waals surface area contributed by atoms with Crippen LogP contribution in [-0.4, -0.2) is 41.6 Å². The van der Waals surface area contributed by atoms with Gasteiger partial charge in [-0.15, -0.1) is 0 Å². The number of urea groups is 1. The number of amides is 3. The molecule has 0 spiro atoms. The SMILES string of the molecule is CC(C)NC(=O)CNC(=O)NC(C(=O)O)C1CCCCC1. The zero-order valence-electron chi connectivity index (χ0n) is 12.6. The quantitative estimate of drug-likeness (QED) is 0.583. The second kappa shape index (κ2) is 8.49. The highest BCUT2D eigenvalue weighted by atomic mass is 16.4. The van der Waals surface area contributed by atoms with E-state index in [0.29, 0.717) is 0 Å². The third-order valence-electron chi connectivity index (χ3n) is 3.53. The van der Waals surface area contributed by atoms with E-state index in [4.69, 9.17) is 0 Å². The first-order valence-electron chi connectivity index (χ1n) is 7.46. The lowest BCUT2D eigenvalue weighted by atomic mass is 9.84. The number of rotatable bonds is 6. The first kappa shape index (κ1) is 17.3. The molecule has 1 saturated carbocycles. The third-order valence-corrected chi connectivity index (χ3v) is 3.53. The van der Waals surface area contributed by atoms with Gasteiger partial charge in [-0.2, -0.15) is 0 Å². The highest BCUT2D eigenvalue weighted by Gasteiger charge is 2.30. The molecule has 0 aliphatic heterocycles. The van der Waals surface area contributed by atoms with Gasteiger partial charge in [0.05, 0.1) is 6.54 Å². The van der Waals surface area contributed by atoms with Crippen molar-refractivity contribution in [1.82, 2.24) is 16.0 Å². The lowest BCUT2D eigenvalue weighted by Crippen LogP contribution is -2.51. The van der Waals surface area contributed by atoms with Gasteiger partial charge in [-0.25, -0.2) is 9.59 Å². The number of hydrogen-bond acceptors (Lipinski definition) is 3. The molecule has 21 heavy (non-hydrogen) atoms. The largest absolute Gasteiger partial charge is 0.480 e. The number of aliphatic carboxylic acids is 1. The van der Waals surface area contributed by atoms with E-state index in [2.05, 4.69) is 16.0 Å². The van der Waals surface area contributed by atoms with Crippen LogP contribution >= 0.6 is 0 Å². The van der Waals surface area contributed by atoms with Crippen molar-refractivity contribution in [1.29, 1.82) is 0 Å². The molecule has 1 unspecified atom stereocenters. The van der Waals surface area contributed by atoms with Crippen LogP contribution in [0.5, 0.6) is 0 Å². The molecule has 1 aliphatic carbocycles. The Labute approximate surface area is 124 Å². The van der Waals surface area contributed by atoms with Gasteiger partial charge < -0.3 is 21.1 Å². The summed E-state index contributed by atoms with van der Waals surface area (Å²) in [7, 11) is 0. The van der Waals surface area contributed by atoms with Crippen LogP contribution in [0.2, 0.25) is 0 Å². The van der Waals surface area contributed by atoms with E-state index in [1.54, 1.807) is 0 Å². The van der Waals surface area contributed by atoms with Gasteiger partial charge in [0.25, 0.3) is 0 Å². The van der Waals surface area contributed by atoms with Crippen LogP contribution < -0.4 is 16.0 Å². The fraction of sp³-hybridized carbons (Fsp3) is 0.786. The summed E-state index contributed by atoms with van der Waals surface area (Å²) in [5.74, 6) is -1.36. The Morgan fingerprint density at radius 3 is 2.24 bits per heavy atom. The van der Waals surface area contributed by atoms with Crippen molar-refractivity contribution >= 4 is 17.9 Å². The molecule has 4 N–H and O–H groups in total. The molecule has 0 bridgehead atoms. The third kappa shape index (κ3) is 6.46. The van der Waals surface area contributed by atoms with E-state index in [1.165, 1.54) is 0 Å². The first-order chi connectivity index (χ1) is 9.90. The van der Waals surface area contributed by atoms with E-state index < -0.39 is 18.0 Å². The smallest absolute Gasteiger partial charge is 0.326 e. The highest BCUT2D eigenvalue weighted by molar-refractivity contribution is 5.86. The zero-order valence-corrected chi connectivity index (χ0v) is 12.6. The standard InChI is InChI=1S/C14H25N3O4/c1-9(2)16-11(18)8-15-14(21)17-12(13(19)20)10-6-4-3-5-7-10/h9-10,12H,3-8H2,1-2H3,(H,16,18)(H,19,20)(H2,15,17,21). The van der Waals surface area contributed by atoms with Gasteiger partial charge >= 0.3 is 12.0 Å². The van der Waals surface area contributed by atoms with Gasteiger partial charge in [-0.3, -0.25) is 4.79 Å².